The second-order valence-electron chi connectivity index (χ2n) is 7.05. The van der Waals surface area contributed by atoms with Crippen molar-refractivity contribution in [1.82, 2.24) is 9.99 Å². The molecule has 0 saturated heterocycles. The molecule has 0 unspecified atom stereocenters. The molecule has 0 spiro atoms. The van der Waals surface area contributed by atoms with Crippen molar-refractivity contribution in [1.29, 1.82) is 0 Å². The normalized spacial score (nSPS) is 11.3. The van der Waals surface area contributed by atoms with Crippen LogP contribution in [0.15, 0.2) is 42.5 Å². The minimum atomic E-state index is -4.71. The van der Waals surface area contributed by atoms with E-state index in [0.29, 0.717) is 5.01 Å². The predicted molar refractivity (Wildman–Crippen MR) is 120 cm³/mol. The molecule has 0 aliphatic rings. The molecule has 1 aromatic heterocycles. The van der Waals surface area contributed by atoms with Gasteiger partial charge in [0.05, 0.1) is 34.1 Å². The average molecular weight is 532 g/mol. The Kier molecular flexibility index (Phi) is 7.38. The van der Waals surface area contributed by atoms with Gasteiger partial charge in [-0.1, -0.05) is 41.4 Å². The summed E-state index contributed by atoms with van der Waals surface area (Å²) < 4.78 is 54.0. The van der Waals surface area contributed by atoms with Crippen LogP contribution in [0.1, 0.15) is 32.0 Å². The molecule has 0 atom stereocenters. The molecule has 3 rings (SSSR count). The fraction of sp³-hybridized carbons (Fsp3) is 0.0952. The highest BCUT2D eigenvalue weighted by atomic mass is 35.5. The van der Waals surface area contributed by atoms with Gasteiger partial charge in [0.2, 0.25) is 0 Å². The van der Waals surface area contributed by atoms with E-state index in [2.05, 4.69) is 10.3 Å². The standard InChI is InChI=1S/C21H15Cl2F4N5O3/c22-11-7-14(30-18(23)17(11)33)19(34)31-13-6-5-12(24)16(28)15(13)20(35)32(29)8-9-3-1-2-4-10(9)21(25,26)27/h1-7,33H,8,28-29H2,(H,31,34). The van der Waals surface area contributed by atoms with E-state index >= 15 is 0 Å². The van der Waals surface area contributed by atoms with Crippen LogP contribution in [0.3, 0.4) is 0 Å². The highest BCUT2D eigenvalue weighted by molar-refractivity contribution is 6.36. The molecule has 14 heteroatoms. The smallest absolute Gasteiger partial charge is 0.416 e. The lowest BCUT2D eigenvalue weighted by Crippen LogP contribution is -2.38. The van der Waals surface area contributed by atoms with Crippen LogP contribution in [-0.4, -0.2) is 26.9 Å². The lowest BCUT2D eigenvalue weighted by molar-refractivity contribution is -0.138. The van der Waals surface area contributed by atoms with Crippen molar-refractivity contribution >= 4 is 46.4 Å². The number of hydrazine groups is 1. The first-order valence-corrected chi connectivity index (χ1v) is 10.2. The van der Waals surface area contributed by atoms with Crippen molar-refractivity contribution in [2.24, 2.45) is 5.84 Å². The Hall–Kier alpha value is -3.61. The number of hydrogen-bond donors (Lipinski definition) is 4. The van der Waals surface area contributed by atoms with Crippen molar-refractivity contribution < 1.29 is 32.3 Å². The zero-order valence-electron chi connectivity index (χ0n) is 17.3. The Morgan fingerprint density at radius 2 is 1.80 bits per heavy atom. The molecule has 0 fully saturated rings. The van der Waals surface area contributed by atoms with E-state index in [1.54, 1.807) is 0 Å². The molecule has 35 heavy (non-hydrogen) atoms. The Bertz CT molecular complexity index is 1300. The van der Waals surface area contributed by atoms with Crippen molar-refractivity contribution in [3.63, 3.8) is 0 Å². The zero-order valence-corrected chi connectivity index (χ0v) is 18.8. The maximum absolute atomic E-state index is 14.2. The summed E-state index contributed by atoms with van der Waals surface area (Å²) in [5.74, 6) is 1.98. The average Bonchev–Trinajstić information content (AvgIpc) is 2.79. The number of nitrogens with two attached hydrogens (primary N) is 2. The molecule has 0 aliphatic heterocycles. The summed E-state index contributed by atoms with van der Waals surface area (Å²) in [5.41, 5.74) is 2.35. The van der Waals surface area contributed by atoms with Crippen molar-refractivity contribution in [3.05, 3.63) is 80.8 Å². The Morgan fingerprint density at radius 3 is 2.43 bits per heavy atom. The number of rotatable bonds is 5. The lowest BCUT2D eigenvalue weighted by atomic mass is 10.1. The van der Waals surface area contributed by atoms with Gasteiger partial charge >= 0.3 is 6.18 Å². The number of carbonyl (C=O) groups excluding carboxylic acids is 2. The maximum Gasteiger partial charge on any atom is 0.416 e. The molecule has 2 amide bonds. The lowest BCUT2D eigenvalue weighted by Gasteiger charge is -2.22. The van der Waals surface area contributed by atoms with Gasteiger partial charge in [-0.05, 0) is 29.8 Å². The van der Waals surface area contributed by atoms with Crippen molar-refractivity contribution in [3.8, 4) is 5.75 Å². The number of benzene rings is 2. The number of aromatic hydroxyl groups is 1. The van der Waals surface area contributed by atoms with Crippen molar-refractivity contribution in [2.75, 3.05) is 11.1 Å². The fourth-order valence-corrected chi connectivity index (χ4v) is 3.48. The van der Waals surface area contributed by atoms with Gasteiger partial charge in [0.25, 0.3) is 11.8 Å². The molecule has 3 aromatic rings. The van der Waals surface area contributed by atoms with Crippen LogP contribution in [0, 0.1) is 5.82 Å². The van der Waals surface area contributed by atoms with Gasteiger partial charge in [-0.15, -0.1) is 0 Å². The van der Waals surface area contributed by atoms with Crippen LogP contribution < -0.4 is 16.9 Å². The van der Waals surface area contributed by atoms with Gasteiger partial charge < -0.3 is 16.2 Å². The number of nitrogens with one attached hydrogen (secondary N) is 1. The summed E-state index contributed by atoms with van der Waals surface area (Å²) in [5, 5.41) is 11.5. The van der Waals surface area contributed by atoms with Crippen LogP contribution in [0.5, 0.6) is 5.75 Å². The van der Waals surface area contributed by atoms with E-state index in [1.807, 2.05) is 0 Å². The highest BCUT2D eigenvalue weighted by Gasteiger charge is 2.34. The molecule has 0 saturated carbocycles. The highest BCUT2D eigenvalue weighted by Crippen LogP contribution is 2.34. The molecular weight excluding hydrogens is 517 g/mol. The van der Waals surface area contributed by atoms with Gasteiger partial charge in [0, 0.05) is 0 Å². The second-order valence-corrected chi connectivity index (χ2v) is 7.82. The molecule has 6 N–H and O–H groups in total. The number of nitrogen functional groups attached to an aromatic ring is 1. The summed E-state index contributed by atoms with van der Waals surface area (Å²) in [6.45, 7) is -0.706. The summed E-state index contributed by atoms with van der Waals surface area (Å²) in [6.07, 6.45) is -4.71. The third-order valence-electron chi connectivity index (χ3n) is 4.72. The van der Waals surface area contributed by atoms with E-state index in [-0.39, 0.29) is 22.0 Å². The third kappa shape index (κ3) is 5.56. The van der Waals surface area contributed by atoms with Gasteiger partial charge in [-0.3, -0.25) is 14.6 Å². The van der Waals surface area contributed by atoms with E-state index in [1.165, 1.54) is 12.1 Å². The number of amides is 2. The Balaban J connectivity index is 1.95. The maximum atomic E-state index is 14.2. The minimum absolute atomic E-state index is 0.290. The van der Waals surface area contributed by atoms with E-state index in [9.17, 15) is 32.3 Å². The Morgan fingerprint density at radius 1 is 1.14 bits per heavy atom. The summed E-state index contributed by atoms with van der Waals surface area (Å²) >= 11 is 11.5. The topological polar surface area (TPSA) is 135 Å². The predicted octanol–water partition coefficient (Wildman–Crippen LogP) is 4.60. The van der Waals surface area contributed by atoms with Crippen LogP contribution in [0.25, 0.3) is 0 Å². The first-order valence-electron chi connectivity index (χ1n) is 9.47. The first kappa shape index (κ1) is 26.0. The number of pyridine rings is 1. The number of nitrogens with zero attached hydrogens (tertiary/aromatic N) is 2. The van der Waals surface area contributed by atoms with E-state index in [4.69, 9.17) is 34.8 Å². The SMILES string of the molecule is Nc1c(F)ccc(NC(=O)c2cc(Cl)c(O)c(Cl)n2)c1C(=O)N(N)Cc1ccccc1C(F)(F)F. The molecule has 184 valence electrons. The quantitative estimate of drug-likeness (QED) is 0.0948. The van der Waals surface area contributed by atoms with Gasteiger partial charge in [0.15, 0.2) is 10.9 Å². The number of halogens is 6. The fourth-order valence-electron chi connectivity index (χ4n) is 3.04. The summed E-state index contributed by atoms with van der Waals surface area (Å²) in [4.78, 5) is 29.3. The van der Waals surface area contributed by atoms with E-state index < -0.39 is 58.1 Å². The third-order valence-corrected chi connectivity index (χ3v) is 5.27. The van der Waals surface area contributed by atoms with Crippen molar-refractivity contribution in [2.45, 2.75) is 12.7 Å². The summed E-state index contributed by atoms with van der Waals surface area (Å²) in [6, 6.07) is 7.27. The number of hydrogen-bond acceptors (Lipinski definition) is 6. The number of anilines is 2. The van der Waals surface area contributed by atoms with Crippen LogP contribution in [0.2, 0.25) is 10.2 Å². The monoisotopic (exact) mass is 531 g/mol. The van der Waals surface area contributed by atoms with E-state index in [0.717, 1.165) is 30.3 Å². The number of aromatic nitrogens is 1. The van der Waals surface area contributed by atoms with Crippen LogP contribution >= 0.6 is 23.2 Å². The number of alkyl halides is 3. The van der Waals surface area contributed by atoms with Gasteiger partial charge in [-0.25, -0.2) is 15.2 Å². The molecule has 0 radical (unpaired) electrons. The zero-order chi connectivity index (χ0) is 26.1. The van der Waals surface area contributed by atoms with Crippen LogP contribution in [-0.2, 0) is 12.7 Å². The molecule has 1 heterocycles. The van der Waals surface area contributed by atoms with Gasteiger partial charge in [0.1, 0.15) is 11.5 Å². The number of carbonyl (C=O) groups is 2. The van der Waals surface area contributed by atoms with Crippen LogP contribution in [0.4, 0.5) is 28.9 Å². The second kappa shape index (κ2) is 9.94. The molecular formula is C21H15Cl2F4N5O3. The van der Waals surface area contributed by atoms with Gasteiger partial charge in [-0.2, -0.15) is 13.2 Å². The minimum Gasteiger partial charge on any atom is -0.504 e. The largest absolute Gasteiger partial charge is 0.504 e. The first-order chi connectivity index (χ1) is 16.3. The molecule has 0 aliphatic carbocycles. The summed E-state index contributed by atoms with van der Waals surface area (Å²) in [7, 11) is 0. The molecule has 8 nitrogen and oxygen atoms in total. The molecule has 0 bridgehead atoms. The molecule has 2 aromatic carbocycles. The Labute approximate surface area is 205 Å².